The molecule has 9 heteroatoms. The Morgan fingerprint density at radius 1 is 1.15 bits per heavy atom. The quantitative estimate of drug-likeness (QED) is 0.766. The molecule has 2 fully saturated rings. The van der Waals surface area contributed by atoms with Gasteiger partial charge in [0.2, 0.25) is 0 Å². The fraction of sp³-hybridized carbons (Fsp3) is 0.471. The molecule has 1 saturated heterocycles. The molecule has 1 aromatic rings. The third-order valence-corrected chi connectivity index (χ3v) is 5.22. The van der Waals surface area contributed by atoms with E-state index in [2.05, 4.69) is 10.7 Å². The van der Waals surface area contributed by atoms with Crippen LogP contribution in [0.1, 0.15) is 42.5 Å². The summed E-state index contributed by atoms with van der Waals surface area (Å²) in [6.07, 6.45) is 3.93. The summed E-state index contributed by atoms with van der Waals surface area (Å²) in [7, 11) is 0. The number of rotatable bonds is 2. The first-order chi connectivity index (χ1) is 12.5. The summed E-state index contributed by atoms with van der Waals surface area (Å²) in [5.74, 6) is -0.306. The van der Waals surface area contributed by atoms with Crippen molar-refractivity contribution in [1.82, 2.24) is 15.8 Å². The van der Waals surface area contributed by atoms with Crippen molar-refractivity contribution in [2.75, 3.05) is 13.2 Å². The zero-order chi connectivity index (χ0) is 18.3. The van der Waals surface area contributed by atoms with Crippen LogP contribution < -0.4 is 20.2 Å². The number of fused-ring (bicyclic) bond motifs is 1. The zero-order valence-electron chi connectivity index (χ0n) is 14.0. The molecule has 1 saturated carbocycles. The lowest BCUT2D eigenvalue weighted by Crippen LogP contribution is -2.50. The molecule has 0 unspecified atom stereocenters. The van der Waals surface area contributed by atoms with Gasteiger partial charge in [0.05, 0.1) is 5.02 Å². The first kappa shape index (κ1) is 17.0. The topological polar surface area (TPSA) is 97.0 Å². The van der Waals surface area contributed by atoms with Gasteiger partial charge in [0, 0.05) is 5.56 Å². The second-order valence-corrected chi connectivity index (χ2v) is 7.04. The number of carbonyl (C=O) groups is 3. The molecule has 0 radical (unpaired) electrons. The number of nitrogens with zero attached hydrogens (tertiary/aromatic N) is 1. The number of benzene rings is 1. The SMILES string of the molecule is O=C(NN1C(=O)NC2(CCCCC2)C1=O)c1cc(Cl)c2c(c1)OCCO2. The standard InChI is InChI=1S/C17H18ClN3O5/c18-11-8-10(9-12-13(11)26-7-6-25-12)14(22)20-21-15(23)17(19-16(21)24)4-2-1-3-5-17/h8-9H,1-7H2,(H,19,24)(H,20,22). The monoisotopic (exact) mass is 379 g/mol. The van der Waals surface area contributed by atoms with Gasteiger partial charge in [-0.3, -0.25) is 15.0 Å². The van der Waals surface area contributed by atoms with Gasteiger partial charge in [-0.2, -0.15) is 5.01 Å². The summed E-state index contributed by atoms with van der Waals surface area (Å²) in [6.45, 7) is 0.729. The molecule has 2 aliphatic heterocycles. The zero-order valence-corrected chi connectivity index (χ0v) is 14.7. The third-order valence-electron chi connectivity index (χ3n) is 4.94. The van der Waals surface area contributed by atoms with E-state index < -0.39 is 23.4 Å². The van der Waals surface area contributed by atoms with E-state index in [-0.39, 0.29) is 10.6 Å². The van der Waals surface area contributed by atoms with Crippen LogP contribution in [0.2, 0.25) is 5.02 Å². The molecule has 3 aliphatic rings. The van der Waals surface area contributed by atoms with Crippen molar-refractivity contribution in [2.24, 2.45) is 0 Å². The van der Waals surface area contributed by atoms with Gasteiger partial charge >= 0.3 is 6.03 Å². The van der Waals surface area contributed by atoms with E-state index in [1.807, 2.05) is 0 Å². The minimum atomic E-state index is -0.896. The van der Waals surface area contributed by atoms with Crippen LogP contribution in [0, 0.1) is 0 Å². The van der Waals surface area contributed by atoms with Crippen LogP contribution >= 0.6 is 11.6 Å². The molecule has 1 aliphatic carbocycles. The van der Waals surface area contributed by atoms with Crippen LogP contribution in [0.3, 0.4) is 0 Å². The Labute approximate surface area is 154 Å². The van der Waals surface area contributed by atoms with Crippen LogP contribution in [0.4, 0.5) is 4.79 Å². The van der Waals surface area contributed by atoms with E-state index in [4.69, 9.17) is 21.1 Å². The Bertz CT molecular complexity index is 791. The summed E-state index contributed by atoms with van der Waals surface area (Å²) in [6, 6.07) is 2.28. The summed E-state index contributed by atoms with van der Waals surface area (Å²) >= 11 is 6.14. The second-order valence-electron chi connectivity index (χ2n) is 6.64. The Balaban J connectivity index is 1.54. The second kappa shape index (κ2) is 6.35. The van der Waals surface area contributed by atoms with Crippen LogP contribution in [-0.2, 0) is 4.79 Å². The van der Waals surface area contributed by atoms with Crippen molar-refractivity contribution >= 4 is 29.4 Å². The fourth-order valence-corrected chi connectivity index (χ4v) is 3.89. The summed E-state index contributed by atoms with van der Waals surface area (Å²) in [4.78, 5) is 37.5. The highest BCUT2D eigenvalue weighted by molar-refractivity contribution is 6.32. The van der Waals surface area contributed by atoms with Gasteiger partial charge in [-0.05, 0) is 25.0 Å². The predicted octanol–water partition coefficient (Wildman–Crippen LogP) is 2.01. The van der Waals surface area contributed by atoms with Crippen molar-refractivity contribution in [3.05, 3.63) is 22.7 Å². The average Bonchev–Trinajstić information content (AvgIpc) is 2.86. The Hall–Kier alpha value is -2.48. The van der Waals surface area contributed by atoms with Crippen LogP contribution in [0.5, 0.6) is 11.5 Å². The van der Waals surface area contributed by atoms with Crippen LogP contribution in [0.25, 0.3) is 0 Å². The van der Waals surface area contributed by atoms with Crippen molar-refractivity contribution in [3.63, 3.8) is 0 Å². The molecule has 2 N–H and O–H groups in total. The minimum Gasteiger partial charge on any atom is -0.486 e. The van der Waals surface area contributed by atoms with Gasteiger partial charge < -0.3 is 14.8 Å². The molecular weight excluding hydrogens is 362 g/mol. The van der Waals surface area contributed by atoms with Crippen molar-refractivity contribution < 1.29 is 23.9 Å². The molecule has 138 valence electrons. The maximum Gasteiger partial charge on any atom is 0.344 e. The van der Waals surface area contributed by atoms with Gasteiger partial charge in [0.25, 0.3) is 11.8 Å². The number of imide groups is 1. The van der Waals surface area contributed by atoms with E-state index in [1.165, 1.54) is 12.1 Å². The van der Waals surface area contributed by atoms with E-state index >= 15 is 0 Å². The van der Waals surface area contributed by atoms with Gasteiger partial charge in [-0.15, -0.1) is 0 Å². The molecule has 0 aromatic heterocycles. The largest absolute Gasteiger partial charge is 0.486 e. The Morgan fingerprint density at radius 2 is 1.88 bits per heavy atom. The number of nitrogens with one attached hydrogen (secondary N) is 2. The van der Waals surface area contributed by atoms with Gasteiger partial charge in [-0.25, -0.2) is 4.79 Å². The number of hydrogen-bond acceptors (Lipinski definition) is 5. The van der Waals surface area contributed by atoms with Crippen LogP contribution in [-0.4, -0.2) is 41.6 Å². The number of ether oxygens (including phenoxy) is 2. The Morgan fingerprint density at radius 3 is 2.65 bits per heavy atom. The number of urea groups is 1. The van der Waals surface area contributed by atoms with E-state index in [9.17, 15) is 14.4 Å². The normalized spacial score (nSPS) is 20.9. The number of hydrogen-bond donors (Lipinski definition) is 2. The third kappa shape index (κ3) is 2.74. The molecule has 1 spiro atoms. The highest BCUT2D eigenvalue weighted by Gasteiger charge is 2.52. The summed E-state index contributed by atoms with van der Waals surface area (Å²) in [5, 5.41) is 3.73. The maximum atomic E-state index is 12.7. The number of halogens is 1. The van der Waals surface area contributed by atoms with E-state index in [0.717, 1.165) is 24.3 Å². The number of amides is 4. The molecule has 2 heterocycles. The minimum absolute atomic E-state index is 0.171. The number of hydrazine groups is 1. The summed E-state index contributed by atoms with van der Waals surface area (Å²) < 4.78 is 10.9. The van der Waals surface area contributed by atoms with Crippen molar-refractivity contribution in [3.8, 4) is 11.5 Å². The average molecular weight is 380 g/mol. The molecule has 1 aromatic carbocycles. The lowest BCUT2D eigenvalue weighted by Gasteiger charge is -2.30. The lowest BCUT2D eigenvalue weighted by atomic mass is 9.82. The Kier molecular flexibility index (Phi) is 4.14. The molecular formula is C17H18ClN3O5. The van der Waals surface area contributed by atoms with Gasteiger partial charge in [0.15, 0.2) is 11.5 Å². The predicted molar refractivity (Wildman–Crippen MR) is 91.1 cm³/mol. The summed E-state index contributed by atoms with van der Waals surface area (Å²) in [5.41, 5.74) is 1.65. The highest BCUT2D eigenvalue weighted by Crippen LogP contribution is 2.38. The molecule has 4 rings (SSSR count). The first-order valence-corrected chi connectivity index (χ1v) is 8.95. The smallest absolute Gasteiger partial charge is 0.344 e. The molecule has 8 nitrogen and oxygen atoms in total. The van der Waals surface area contributed by atoms with Crippen molar-refractivity contribution in [2.45, 2.75) is 37.6 Å². The number of carbonyl (C=O) groups excluding carboxylic acids is 3. The molecule has 0 bridgehead atoms. The van der Waals surface area contributed by atoms with Gasteiger partial charge in [0.1, 0.15) is 18.8 Å². The maximum absolute atomic E-state index is 12.7. The van der Waals surface area contributed by atoms with Crippen LogP contribution in [0.15, 0.2) is 12.1 Å². The highest BCUT2D eigenvalue weighted by atomic mass is 35.5. The fourth-order valence-electron chi connectivity index (χ4n) is 3.62. The van der Waals surface area contributed by atoms with E-state index in [1.54, 1.807) is 0 Å². The first-order valence-electron chi connectivity index (χ1n) is 8.57. The van der Waals surface area contributed by atoms with Gasteiger partial charge in [-0.1, -0.05) is 30.9 Å². The molecule has 4 amide bonds. The van der Waals surface area contributed by atoms with Crippen molar-refractivity contribution in [1.29, 1.82) is 0 Å². The molecule has 26 heavy (non-hydrogen) atoms. The lowest BCUT2D eigenvalue weighted by molar-refractivity contribution is -0.134. The molecule has 0 atom stereocenters. The van der Waals surface area contributed by atoms with E-state index in [0.29, 0.717) is 37.6 Å².